The van der Waals surface area contributed by atoms with E-state index in [0.717, 1.165) is 5.56 Å². The third-order valence-electron chi connectivity index (χ3n) is 3.64. The van der Waals surface area contributed by atoms with E-state index in [-0.39, 0.29) is 17.6 Å². The summed E-state index contributed by atoms with van der Waals surface area (Å²) in [6.07, 6.45) is 2.89. The third-order valence-corrected chi connectivity index (χ3v) is 3.64. The average molecular weight is 324 g/mol. The molecule has 2 rings (SSSR count). The van der Waals surface area contributed by atoms with E-state index in [1.54, 1.807) is 23.1 Å². The van der Waals surface area contributed by atoms with Crippen LogP contribution in [0, 0.1) is 10.1 Å². The lowest BCUT2D eigenvalue weighted by molar-refractivity contribution is -0.385. The van der Waals surface area contributed by atoms with E-state index in [1.165, 1.54) is 18.2 Å². The first-order valence-corrected chi connectivity index (χ1v) is 7.75. The Balaban J connectivity index is 2.18. The smallest absolute Gasteiger partial charge is 0.276 e. The van der Waals surface area contributed by atoms with E-state index in [9.17, 15) is 14.9 Å². The van der Waals surface area contributed by atoms with Crippen LogP contribution in [0.1, 0.15) is 25.0 Å². The summed E-state index contributed by atoms with van der Waals surface area (Å²) < 4.78 is 0. The summed E-state index contributed by atoms with van der Waals surface area (Å²) in [5, 5.41) is 11.0. The summed E-state index contributed by atoms with van der Waals surface area (Å²) in [5.41, 5.74) is 1.44. The molecule has 1 amide bonds. The lowest BCUT2D eigenvalue weighted by Crippen LogP contribution is -2.35. The van der Waals surface area contributed by atoms with Gasteiger partial charge in [0.1, 0.15) is 0 Å². The molecule has 0 radical (unpaired) electrons. The Hall–Kier alpha value is -2.95. The summed E-state index contributed by atoms with van der Waals surface area (Å²) in [6.45, 7) is 4.39. The first-order chi connectivity index (χ1) is 11.5. The predicted octanol–water partition coefficient (Wildman–Crippen LogP) is 4.05. The maximum atomic E-state index is 12.5. The fourth-order valence-corrected chi connectivity index (χ4v) is 2.35. The molecule has 0 aromatic heterocycles. The predicted molar refractivity (Wildman–Crippen MR) is 94.3 cm³/mol. The van der Waals surface area contributed by atoms with Crippen LogP contribution in [0.5, 0.6) is 0 Å². The molecule has 0 heterocycles. The topological polar surface area (TPSA) is 63.5 Å². The monoisotopic (exact) mass is 324 g/mol. The Labute approximate surface area is 141 Å². The minimum absolute atomic E-state index is 0.0132. The van der Waals surface area contributed by atoms with Crippen molar-refractivity contribution in [2.45, 2.75) is 26.4 Å². The maximum Gasteiger partial charge on any atom is 0.276 e. The van der Waals surface area contributed by atoms with Crippen molar-refractivity contribution >= 4 is 17.7 Å². The van der Waals surface area contributed by atoms with Crippen LogP contribution in [0.3, 0.4) is 0 Å². The van der Waals surface area contributed by atoms with Crippen molar-refractivity contribution in [2.24, 2.45) is 0 Å². The van der Waals surface area contributed by atoms with Crippen LogP contribution in [0.4, 0.5) is 5.69 Å². The molecule has 0 atom stereocenters. The normalized spacial score (nSPS) is 11.0. The van der Waals surface area contributed by atoms with E-state index in [0.29, 0.717) is 12.1 Å². The first-order valence-electron chi connectivity index (χ1n) is 7.75. The number of para-hydroxylation sites is 1. The van der Waals surface area contributed by atoms with Gasteiger partial charge in [0.2, 0.25) is 5.91 Å². The van der Waals surface area contributed by atoms with Gasteiger partial charge >= 0.3 is 0 Å². The quantitative estimate of drug-likeness (QED) is 0.457. The molecule has 0 aliphatic carbocycles. The highest BCUT2D eigenvalue weighted by atomic mass is 16.6. The number of benzene rings is 2. The number of amides is 1. The second kappa shape index (κ2) is 8.06. The average Bonchev–Trinajstić information content (AvgIpc) is 2.58. The van der Waals surface area contributed by atoms with Crippen LogP contribution in [0.15, 0.2) is 60.7 Å². The van der Waals surface area contributed by atoms with E-state index in [2.05, 4.69) is 0 Å². The van der Waals surface area contributed by atoms with Gasteiger partial charge in [-0.1, -0.05) is 42.5 Å². The van der Waals surface area contributed by atoms with Gasteiger partial charge in [-0.3, -0.25) is 14.9 Å². The molecule has 0 saturated heterocycles. The van der Waals surface area contributed by atoms with Crippen molar-refractivity contribution in [3.05, 3.63) is 81.9 Å². The summed E-state index contributed by atoms with van der Waals surface area (Å²) in [4.78, 5) is 24.8. The summed E-state index contributed by atoms with van der Waals surface area (Å²) in [6, 6.07) is 16.1. The third kappa shape index (κ3) is 4.52. The summed E-state index contributed by atoms with van der Waals surface area (Å²) in [7, 11) is 0. The Morgan fingerprint density at radius 3 is 2.38 bits per heavy atom. The summed E-state index contributed by atoms with van der Waals surface area (Å²) in [5.74, 6) is -0.174. The molecular weight excluding hydrogens is 304 g/mol. The number of rotatable bonds is 6. The minimum atomic E-state index is -0.450. The van der Waals surface area contributed by atoms with E-state index in [4.69, 9.17) is 0 Å². The largest absolute Gasteiger partial charge is 0.332 e. The molecule has 0 bridgehead atoms. The zero-order valence-corrected chi connectivity index (χ0v) is 13.8. The molecule has 0 fully saturated rings. The number of carbonyl (C=O) groups is 1. The maximum absolute atomic E-state index is 12.5. The molecule has 0 spiro atoms. The number of hydrogen-bond acceptors (Lipinski definition) is 3. The van der Waals surface area contributed by atoms with Crippen molar-refractivity contribution in [3.8, 4) is 0 Å². The fourth-order valence-electron chi connectivity index (χ4n) is 2.35. The van der Waals surface area contributed by atoms with Gasteiger partial charge in [0.05, 0.1) is 10.5 Å². The highest BCUT2D eigenvalue weighted by Crippen LogP contribution is 2.19. The standard InChI is InChI=1S/C19H20N2O3/c1-15(2)20(14-16-8-4-3-5-9-16)19(22)13-12-17-10-6-7-11-18(17)21(23)24/h3-13,15H,14H2,1-2H3/b13-12+. The first kappa shape index (κ1) is 17.4. The molecule has 0 saturated carbocycles. The minimum Gasteiger partial charge on any atom is -0.332 e. The Bertz CT molecular complexity index is 739. The van der Waals surface area contributed by atoms with Crippen LogP contribution < -0.4 is 0 Å². The van der Waals surface area contributed by atoms with Gasteiger partial charge in [-0.25, -0.2) is 0 Å². The van der Waals surface area contributed by atoms with E-state index >= 15 is 0 Å². The molecule has 2 aromatic rings. The van der Waals surface area contributed by atoms with Crippen LogP contribution in [0.2, 0.25) is 0 Å². The number of nitrogens with zero attached hydrogens (tertiary/aromatic N) is 2. The molecule has 5 heteroatoms. The molecule has 0 aliphatic heterocycles. The van der Waals surface area contributed by atoms with Gasteiger partial charge in [-0.15, -0.1) is 0 Å². The van der Waals surface area contributed by atoms with Gasteiger partial charge in [0.25, 0.3) is 5.69 Å². The zero-order chi connectivity index (χ0) is 17.5. The van der Waals surface area contributed by atoms with Gasteiger partial charge < -0.3 is 4.90 Å². The van der Waals surface area contributed by atoms with Crippen molar-refractivity contribution in [1.82, 2.24) is 4.90 Å². The van der Waals surface area contributed by atoms with Crippen LogP contribution in [-0.4, -0.2) is 21.8 Å². The fraction of sp³-hybridized carbons (Fsp3) is 0.211. The number of carbonyl (C=O) groups excluding carboxylic acids is 1. The highest BCUT2D eigenvalue weighted by Gasteiger charge is 2.16. The second-order valence-corrected chi connectivity index (χ2v) is 5.69. The SMILES string of the molecule is CC(C)N(Cc1ccccc1)C(=O)/C=C/c1ccccc1[N+](=O)[O-]. The molecule has 124 valence electrons. The van der Waals surface area contributed by atoms with E-state index < -0.39 is 4.92 Å². The molecular formula is C19H20N2O3. The zero-order valence-electron chi connectivity index (χ0n) is 13.8. The van der Waals surface area contributed by atoms with Gasteiger partial charge in [0, 0.05) is 24.7 Å². The van der Waals surface area contributed by atoms with Crippen LogP contribution in [-0.2, 0) is 11.3 Å². The number of nitro groups is 1. The van der Waals surface area contributed by atoms with Gasteiger partial charge in [-0.2, -0.15) is 0 Å². The molecule has 0 N–H and O–H groups in total. The van der Waals surface area contributed by atoms with Crippen molar-refractivity contribution < 1.29 is 9.72 Å². The van der Waals surface area contributed by atoms with Crippen molar-refractivity contribution in [1.29, 1.82) is 0 Å². The van der Waals surface area contributed by atoms with E-state index in [1.807, 2.05) is 44.2 Å². The molecule has 0 unspecified atom stereocenters. The van der Waals surface area contributed by atoms with Crippen LogP contribution >= 0.6 is 0 Å². The van der Waals surface area contributed by atoms with Gasteiger partial charge in [-0.05, 0) is 31.6 Å². The number of hydrogen-bond donors (Lipinski definition) is 0. The number of nitro benzene ring substituents is 1. The summed E-state index contributed by atoms with van der Waals surface area (Å²) >= 11 is 0. The van der Waals surface area contributed by atoms with Crippen molar-refractivity contribution in [2.75, 3.05) is 0 Å². The lowest BCUT2D eigenvalue weighted by Gasteiger charge is -2.25. The lowest BCUT2D eigenvalue weighted by atomic mass is 10.1. The molecule has 0 aliphatic rings. The Kier molecular flexibility index (Phi) is 5.84. The molecule has 24 heavy (non-hydrogen) atoms. The Morgan fingerprint density at radius 2 is 1.75 bits per heavy atom. The molecule has 5 nitrogen and oxygen atoms in total. The molecule has 2 aromatic carbocycles. The Morgan fingerprint density at radius 1 is 1.12 bits per heavy atom. The van der Waals surface area contributed by atoms with Crippen LogP contribution in [0.25, 0.3) is 6.08 Å². The highest BCUT2D eigenvalue weighted by molar-refractivity contribution is 5.92. The van der Waals surface area contributed by atoms with Gasteiger partial charge in [0.15, 0.2) is 0 Å². The second-order valence-electron chi connectivity index (χ2n) is 5.69. The van der Waals surface area contributed by atoms with Crippen molar-refractivity contribution in [3.63, 3.8) is 0 Å².